The number of rotatable bonds is 8. The van der Waals surface area contributed by atoms with Crippen molar-refractivity contribution >= 4 is 5.91 Å². The summed E-state index contributed by atoms with van der Waals surface area (Å²) in [5.41, 5.74) is 0. The van der Waals surface area contributed by atoms with E-state index in [2.05, 4.69) is 6.92 Å². The third-order valence-electron chi connectivity index (χ3n) is 5.55. The Morgan fingerprint density at radius 3 is 2.12 bits per heavy atom. The molecule has 0 spiro atoms. The van der Waals surface area contributed by atoms with Gasteiger partial charge in [0.1, 0.15) is 0 Å². The first-order chi connectivity index (χ1) is 11.8. The van der Waals surface area contributed by atoms with Crippen LogP contribution in [0.1, 0.15) is 32.6 Å². The molecule has 0 aromatic rings. The minimum Gasteiger partial charge on any atom is -0.336 e. The highest BCUT2D eigenvalue weighted by molar-refractivity contribution is 5.79. The number of alkyl halides is 4. The average molecular weight is 365 g/mol. The van der Waals surface area contributed by atoms with Gasteiger partial charge < -0.3 is 4.90 Å². The molecule has 2 saturated carbocycles. The van der Waals surface area contributed by atoms with Crippen molar-refractivity contribution in [3.8, 4) is 0 Å². The Hall–Kier alpha value is -0.890. The first kappa shape index (κ1) is 18.9. The standard InChI is InChI=1S/C17H27F4N3O/c1-12(13-2-3-13)24(14-4-5-14)15(25)10-22-6-8-23(9-7-22)11-17(20,21)16(18)19/h12-14,16H,2-11H2,1H3/t12-/m0/s1. The van der Waals surface area contributed by atoms with E-state index in [0.717, 1.165) is 12.8 Å². The molecular weight excluding hydrogens is 338 g/mol. The Labute approximate surface area is 146 Å². The normalized spacial score (nSPS) is 24.6. The number of hydrogen-bond acceptors (Lipinski definition) is 3. The lowest BCUT2D eigenvalue weighted by molar-refractivity contribution is -0.146. The highest BCUT2D eigenvalue weighted by Gasteiger charge is 2.44. The SMILES string of the molecule is C[C@@H](C1CC1)N(C(=O)CN1CCN(CC(F)(F)C(F)F)CC1)C1CC1. The fourth-order valence-corrected chi connectivity index (χ4v) is 3.67. The summed E-state index contributed by atoms with van der Waals surface area (Å²) < 4.78 is 50.9. The van der Waals surface area contributed by atoms with E-state index in [4.69, 9.17) is 0 Å². The first-order valence-corrected chi connectivity index (χ1v) is 9.20. The van der Waals surface area contributed by atoms with Gasteiger partial charge in [0, 0.05) is 38.3 Å². The lowest BCUT2D eigenvalue weighted by Gasteiger charge is -2.37. The van der Waals surface area contributed by atoms with Gasteiger partial charge in [0.15, 0.2) is 0 Å². The molecule has 3 aliphatic rings. The molecule has 1 amide bonds. The van der Waals surface area contributed by atoms with Gasteiger partial charge in [-0.05, 0) is 38.5 Å². The van der Waals surface area contributed by atoms with Crippen LogP contribution < -0.4 is 0 Å². The predicted octanol–water partition coefficient (Wildman–Crippen LogP) is 2.29. The van der Waals surface area contributed by atoms with Gasteiger partial charge in [-0.15, -0.1) is 0 Å². The zero-order valence-corrected chi connectivity index (χ0v) is 14.6. The predicted molar refractivity (Wildman–Crippen MR) is 85.9 cm³/mol. The molecule has 144 valence electrons. The zero-order chi connectivity index (χ0) is 18.2. The minimum absolute atomic E-state index is 0.119. The second kappa shape index (κ2) is 7.39. The van der Waals surface area contributed by atoms with Crippen LogP contribution in [0, 0.1) is 5.92 Å². The van der Waals surface area contributed by atoms with Crippen molar-refractivity contribution in [2.24, 2.45) is 5.92 Å². The number of piperazine rings is 1. The van der Waals surface area contributed by atoms with E-state index >= 15 is 0 Å². The van der Waals surface area contributed by atoms with Crippen molar-refractivity contribution in [1.29, 1.82) is 0 Å². The minimum atomic E-state index is -3.97. The third-order valence-corrected chi connectivity index (χ3v) is 5.55. The van der Waals surface area contributed by atoms with Crippen LogP contribution in [-0.4, -0.2) is 84.3 Å². The molecule has 0 unspecified atom stereocenters. The summed E-state index contributed by atoms with van der Waals surface area (Å²) in [7, 11) is 0. The van der Waals surface area contributed by atoms with Gasteiger partial charge in [-0.2, -0.15) is 8.78 Å². The van der Waals surface area contributed by atoms with Crippen LogP contribution in [0.5, 0.6) is 0 Å². The Kier molecular flexibility index (Phi) is 5.58. The van der Waals surface area contributed by atoms with Crippen LogP contribution in [0.2, 0.25) is 0 Å². The second-order valence-electron chi connectivity index (χ2n) is 7.72. The van der Waals surface area contributed by atoms with Gasteiger partial charge in [0.2, 0.25) is 5.91 Å². The largest absolute Gasteiger partial charge is 0.336 e. The maximum Gasteiger partial charge on any atom is 0.319 e. The van der Waals surface area contributed by atoms with E-state index in [0.29, 0.717) is 31.6 Å². The van der Waals surface area contributed by atoms with Crippen molar-refractivity contribution < 1.29 is 22.4 Å². The smallest absolute Gasteiger partial charge is 0.319 e. The molecule has 1 saturated heterocycles. The van der Waals surface area contributed by atoms with Gasteiger partial charge in [0.05, 0.1) is 13.1 Å². The van der Waals surface area contributed by atoms with Crippen LogP contribution >= 0.6 is 0 Å². The van der Waals surface area contributed by atoms with Gasteiger partial charge in [0.25, 0.3) is 0 Å². The Balaban J connectivity index is 1.46. The summed E-state index contributed by atoms with van der Waals surface area (Å²) in [5.74, 6) is -3.23. The summed E-state index contributed by atoms with van der Waals surface area (Å²) in [5, 5.41) is 0. The maximum absolute atomic E-state index is 13.1. The van der Waals surface area contributed by atoms with E-state index < -0.39 is 18.9 Å². The summed E-state index contributed by atoms with van der Waals surface area (Å²) in [6.45, 7) is 3.00. The van der Waals surface area contributed by atoms with Crippen LogP contribution in [0.4, 0.5) is 17.6 Å². The summed E-state index contributed by atoms with van der Waals surface area (Å²) in [6, 6.07) is 0.653. The number of amides is 1. The molecule has 0 aromatic heterocycles. The van der Waals surface area contributed by atoms with Crippen LogP contribution in [-0.2, 0) is 4.79 Å². The van der Waals surface area contributed by atoms with Crippen molar-refractivity contribution in [3.63, 3.8) is 0 Å². The molecule has 3 rings (SSSR count). The fraction of sp³-hybridized carbons (Fsp3) is 0.941. The Morgan fingerprint density at radius 2 is 1.64 bits per heavy atom. The highest BCUT2D eigenvalue weighted by Crippen LogP contribution is 2.39. The maximum atomic E-state index is 13.1. The molecule has 0 N–H and O–H groups in total. The Morgan fingerprint density at radius 1 is 1.08 bits per heavy atom. The fourth-order valence-electron chi connectivity index (χ4n) is 3.67. The molecule has 4 nitrogen and oxygen atoms in total. The second-order valence-corrected chi connectivity index (χ2v) is 7.72. The van der Waals surface area contributed by atoms with E-state index in [1.165, 1.54) is 17.7 Å². The number of hydrogen-bond donors (Lipinski definition) is 0. The van der Waals surface area contributed by atoms with Crippen LogP contribution in [0.3, 0.4) is 0 Å². The molecule has 1 aliphatic heterocycles. The number of halogens is 4. The monoisotopic (exact) mass is 365 g/mol. The third kappa shape index (κ3) is 4.84. The van der Waals surface area contributed by atoms with Gasteiger partial charge >= 0.3 is 12.3 Å². The molecule has 8 heteroatoms. The van der Waals surface area contributed by atoms with Gasteiger partial charge in [-0.1, -0.05) is 0 Å². The topological polar surface area (TPSA) is 26.8 Å². The summed E-state index contributed by atoms with van der Waals surface area (Å²) in [6.07, 6.45) is 0.880. The first-order valence-electron chi connectivity index (χ1n) is 9.20. The van der Waals surface area contributed by atoms with Gasteiger partial charge in [-0.3, -0.25) is 14.6 Å². The molecule has 1 atom stereocenters. The van der Waals surface area contributed by atoms with E-state index in [-0.39, 0.29) is 25.0 Å². The summed E-state index contributed by atoms with van der Waals surface area (Å²) in [4.78, 5) is 18.1. The quantitative estimate of drug-likeness (QED) is 0.618. The molecular formula is C17H27F4N3O. The molecule has 2 aliphatic carbocycles. The number of carbonyl (C=O) groups is 1. The highest BCUT2D eigenvalue weighted by atomic mass is 19.3. The lowest BCUT2D eigenvalue weighted by atomic mass is 10.1. The molecule has 0 radical (unpaired) electrons. The lowest BCUT2D eigenvalue weighted by Crippen LogP contribution is -2.54. The van der Waals surface area contributed by atoms with Crippen LogP contribution in [0.15, 0.2) is 0 Å². The van der Waals surface area contributed by atoms with Crippen LogP contribution in [0.25, 0.3) is 0 Å². The molecule has 1 heterocycles. The van der Waals surface area contributed by atoms with Crippen molar-refractivity contribution in [3.05, 3.63) is 0 Å². The number of carbonyl (C=O) groups excluding carboxylic acids is 1. The molecule has 25 heavy (non-hydrogen) atoms. The van der Waals surface area contributed by atoms with Gasteiger partial charge in [-0.25, -0.2) is 8.78 Å². The van der Waals surface area contributed by atoms with E-state index in [9.17, 15) is 22.4 Å². The van der Waals surface area contributed by atoms with Crippen molar-refractivity contribution in [2.75, 3.05) is 39.3 Å². The molecule has 0 bridgehead atoms. The Bertz CT molecular complexity index is 475. The zero-order valence-electron chi connectivity index (χ0n) is 14.6. The van der Waals surface area contributed by atoms with Crippen molar-refractivity contribution in [2.45, 2.75) is 57.0 Å². The van der Waals surface area contributed by atoms with Crippen molar-refractivity contribution in [1.82, 2.24) is 14.7 Å². The average Bonchev–Trinajstić information content (AvgIpc) is 3.42. The summed E-state index contributed by atoms with van der Waals surface area (Å²) >= 11 is 0. The molecule has 3 fully saturated rings. The number of nitrogens with zero attached hydrogens (tertiary/aromatic N) is 3. The van der Waals surface area contributed by atoms with E-state index in [1.54, 1.807) is 0 Å². The van der Waals surface area contributed by atoms with E-state index in [1.807, 2.05) is 9.80 Å². The molecule has 0 aromatic carbocycles.